The average Bonchev–Trinajstić information content (AvgIpc) is 2.27. The molecule has 1 aliphatic rings. The van der Waals surface area contributed by atoms with E-state index in [-0.39, 0.29) is 11.1 Å². The monoisotopic (exact) mass is 267 g/mol. The Hall–Kier alpha value is 0.200. The standard InChI is InChI=1S/C11H22ClNO2S/c1-2-11(12)8-13-16(14,15)9-10-6-4-3-5-7-10/h10-11,13H,2-9H2,1H3. The summed E-state index contributed by atoms with van der Waals surface area (Å²) in [6, 6.07) is 0. The van der Waals surface area contributed by atoms with Gasteiger partial charge in [-0.1, -0.05) is 26.2 Å². The van der Waals surface area contributed by atoms with Crippen LogP contribution in [0.1, 0.15) is 45.4 Å². The van der Waals surface area contributed by atoms with Gasteiger partial charge in [0, 0.05) is 11.9 Å². The molecule has 3 nitrogen and oxygen atoms in total. The summed E-state index contributed by atoms with van der Waals surface area (Å²) in [6.07, 6.45) is 6.50. The first-order chi connectivity index (χ1) is 7.53. The van der Waals surface area contributed by atoms with Crippen molar-refractivity contribution in [2.24, 2.45) is 5.92 Å². The van der Waals surface area contributed by atoms with Crippen LogP contribution in [0.4, 0.5) is 0 Å². The molecule has 5 heteroatoms. The Bertz CT molecular complexity index is 286. The highest BCUT2D eigenvalue weighted by Crippen LogP contribution is 2.24. The molecule has 0 spiro atoms. The lowest BCUT2D eigenvalue weighted by atomic mass is 9.91. The molecule has 1 saturated carbocycles. The van der Waals surface area contributed by atoms with Gasteiger partial charge in [-0.15, -0.1) is 11.6 Å². The fraction of sp³-hybridized carbons (Fsp3) is 1.00. The van der Waals surface area contributed by atoms with Crippen molar-refractivity contribution in [1.29, 1.82) is 0 Å². The number of hydrogen-bond acceptors (Lipinski definition) is 2. The molecule has 96 valence electrons. The van der Waals surface area contributed by atoms with E-state index in [9.17, 15) is 8.42 Å². The minimum atomic E-state index is -3.12. The van der Waals surface area contributed by atoms with Gasteiger partial charge in [0.05, 0.1) is 5.75 Å². The van der Waals surface area contributed by atoms with Gasteiger partial charge in [0.2, 0.25) is 10.0 Å². The zero-order valence-electron chi connectivity index (χ0n) is 9.91. The SMILES string of the molecule is CCC(Cl)CNS(=O)(=O)CC1CCCCC1. The molecule has 1 unspecified atom stereocenters. The molecular formula is C11H22ClNO2S. The molecular weight excluding hydrogens is 246 g/mol. The van der Waals surface area contributed by atoms with E-state index in [1.165, 1.54) is 19.3 Å². The van der Waals surface area contributed by atoms with Gasteiger partial charge < -0.3 is 0 Å². The van der Waals surface area contributed by atoms with Gasteiger partial charge in [0.25, 0.3) is 0 Å². The van der Waals surface area contributed by atoms with Gasteiger partial charge in [0.15, 0.2) is 0 Å². The zero-order chi connectivity index (χ0) is 12.0. The average molecular weight is 268 g/mol. The van der Waals surface area contributed by atoms with Crippen LogP contribution < -0.4 is 4.72 Å². The van der Waals surface area contributed by atoms with E-state index in [2.05, 4.69) is 4.72 Å². The Morgan fingerprint density at radius 1 is 1.31 bits per heavy atom. The van der Waals surface area contributed by atoms with Crippen LogP contribution in [0.25, 0.3) is 0 Å². The lowest BCUT2D eigenvalue weighted by molar-refractivity contribution is 0.384. The molecule has 0 heterocycles. The van der Waals surface area contributed by atoms with Gasteiger partial charge in [-0.05, 0) is 25.2 Å². The number of sulfonamides is 1. The largest absolute Gasteiger partial charge is 0.214 e. The van der Waals surface area contributed by atoms with E-state index in [4.69, 9.17) is 11.6 Å². The first-order valence-electron chi connectivity index (χ1n) is 6.15. The van der Waals surface area contributed by atoms with E-state index < -0.39 is 10.0 Å². The van der Waals surface area contributed by atoms with Crippen LogP contribution in [-0.2, 0) is 10.0 Å². The lowest BCUT2D eigenvalue weighted by Gasteiger charge is -2.21. The second-order valence-corrected chi connectivity index (χ2v) is 7.11. The van der Waals surface area contributed by atoms with Crippen molar-refractivity contribution in [3.05, 3.63) is 0 Å². The summed E-state index contributed by atoms with van der Waals surface area (Å²) in [5.41, 5.74) is 0. The molecule has 1 N–H and O–H groups in total. The molecule has 0 aromatic carbocycles. The Kier molecular flexibility index (Phi) is 6.08. The fourth-order valence-corrected chi connectivity index (χ4v) is 3.78. The van der Waals surface area contributed by atoms with Crippen LogP contribution in [-0.4, -0.2) is 26.1 Å². The van der Waals surface area contributed by atoms with Crippen molar-refractivity contribution in [2.45, 2.75) is 50.8 Å². The van der Waals surface area contributed by atoms with E-state index in [0.29, 0.717) is 12.5 Å². The molecule has 1 fully saturated rings. The maximum Gasteiger partial charge on any atom is 0.211 e. The zero-order valence-corrected chi connectivity index (χ0v) is 11.5. The summed E-state index contributed by atoms with van der Waals surface area (Å²) in [7, 11) is -3.12. The molecule has 0 aliphatic heterocycles. The van der Waals surface area contributed by atoms with E-state index >= 15 is 0 Å². The third-order valence-corrected chi connectivity index (χ3v) is 5.13. The smallest absolute Gasteiger partial charge is 0.211 e. The van der Waals surface area contributed by atoms with Gasteiger partial charge in [-0.3, -0.25) is 0 Å². The van der Waals surface area contributed by atoms with Crippen molar-refractivity contribution >= 4 is 21.6 Å². The van der Waals surface area contributed by atoms with Crippen molar-refractivity contribution < 1.29 is 8.42 Å². The van der Waals surface area contributed by atoms with Crippen molar-refractivity contribution in [3.63, 3.8) is 0 Å². The molecule has 0 amide bonds. The summed E-state index contributed by atoms with van der Waals surface area (Å²) in [5, 5.41) is -0.0962. The van der Waals surface area contributed by atoms with E-state index in [1.54, 1.807) is 0 Å². The number of halogens is 1. The molecule has 0 aromatic rings. The Morgan fingerprint density at radius 3 is 2.50 bits per heavy atom. The van der Waals surface area contributed by atoms with Gasteiger partial charge in [-0.25, -0.2) is 13.1 Å². The van der Waals surface area contributed by atoms with Gasteiger partial charge in [0.1, 0.15) is 0 Å². The van der Waals surface area contributed by atoms with Gasteiger partial charge >= 0.3 is 0 Å². The second-order valence-electron chi connectivity index (χ2n) is 4.64. The van der Waals surface area contributed by atoms with Crippen molar-refractivity contribution in [2.75, 3.05) is 12.3 Å². The van der Waals surface area contributed by atoms with Crippen LogP contribution in [0.15, 0.2) is 0 Å². The van der Waals surface area contributed by atoms with Crippen LogP contribution in [0, 0.1) is 5.92 Å². The highest BCUT2D eigenvalue weighted by atomic mass is 35.5. The summed E-state index contributed by atoms with van der Waals surface area (Å²) in [6.45, 7) is 2.31. The minimum absolute atomic E-state index is 0.0962. The molecule has 0 bridgehead atoms. The summed E-state index contributed by atoms with van der Waals surface area (Å²) in [5.74, 6) is 0.627. The number of nitrogens with one attached hydrogen (secondary N) is 1. The Morgan fingerprint density at radius 2 is 1.94 bits per heavy atom. The second kappa shape index (κ2) is 6.82. The van der Waals surface area contributed by atoms with E-state index in [1.807, 2.05) is 6.92 Å². The third-order valence-electron chi connectivity index (χ3n) is 3.15. The Balaban J connectivity index is 2.32. The highest BCUT2D eigenvalue weighted by molar-refractivity contribution is 7.89. The molecule has 1 rings (SSSR count). The van der Waals surface area contributed by atoms with E-state index in [0.717, 1.165) is 19.3 Å². The molecule has 0 radical (unpaired) electrons. The highest BCUT2D eigenvalue weighted by Gasteiger charge is 2.21. The number of rotatable bonds is 6. The number of alkyl halides is 1. The maximum absolute atomic E-state index is 11.7. The van der Waals surface area contributed by atoms with Crippen LogP contribution in [0.5, 0.6) is 0 Å². The minimum Gasteiger partial charge on any atom is -0.214 e. The quantitative estimate of drug-likeness (QED) is 0.752. The van der Waals surface area contributed by atoms with Crippen molar-refractivity contribution in [3.8, 4) is 0 Å². The molecule has 16 heavy (non-hydrogen) atoms. The van der Waals surface area contributed by atoms with Gasteiger partial charge in [-0.2, -0.15) is 0 Å². The predicted molar refractivity (Wildman–Crippen MR) is 68.3 cm³/mol. The third kappa shape index (κ3) is 5.51. The maximum atomic E-state index is 11.7. The topological polar surface area (TPSA) is 46.2 Å². The summed E-state index contributed by atoms with van der Waals surface area (Å²) >= 11 is 5.89. The lowest BCUT2D eigenvalue weighted by Crippen LogP contribution is -2.34. The predicted octanol–water partition coefficient (Wildman–Crippen LogP) is 2.50. The molecule has 0 aromatic heterocycles. The first-order valence-corrected chi connectivity index (χ1v) is 8.23. The summed E-state index contributed by atoms with van der Waals surface area (Å²) < 4.78 is 26.1. The molecule has 1 aliphatic carbocycles. The first kappa shape index (κ1) is 14.3. The number of hydrogen-bond donors (Lipinski definition) is 1. The van der Waals surface area contributed by atoms with Crippen LogP contribution in [0.3, 0.4) is 0 Å². The molecule has 0 saturated heterocycles. The normalized spacial score (nSPS) is 20.9. The Labute approximate surface area is 104 Å². The summed E-state index contributed by atoms with van der Waals surface area (Å²) in [4.78, 5) is 0. The van der Waals surface area contributed by atoms with Crippen molar-refractivity contribution in [1.82, 2.24) is 4.72 Å². The fourth-order valence-electron chi connectivity index (χ4n) is 2.08. The van der Waals surface area contributed by atoms with Crippen LogP contribution in [0.2, 0.25) is 0 Å². The molecule has 1 atom stereocenters. The van der Waals surface area contributed by atoms with Crippen LogP contribution >= 0.6 is 11.6 Å².